The van der Waals surface area contributed by atoms with Gasteiger partial charge in [-0.15, -0.1) is 0 Å². The predicted octanol–water partition coefficient (Wildman–Crippen LogP) is 2.82. The predicted molar refractivity (Wildman–Crippen MR) is 82.2 cm³/mol. The van der Waals surface area contributed by atoms with Crippen molar-refractivity contribution in [1.29, 1.82) is 0 Å². The van der Waals surface area contributed by atoms with E-state index in [1.165, 1.54) is 12.1 Å². The van der Waals surface area contributed by atoms with Crippen molar-refractivity contribution in [3.63, 3.8) is 0 Å². The van der Waals surface area contributed by atoms with Crippen LogP contribution in [0.25, 0.3) is 10.9 Å². The number of rotatable bonds is 3. The molecule has 2 aromatic carbocycles. The number of anilines is 1. The van der Waals surface area contributed by atoms with E-state index in [0.29, 0.717) is 11.1 Å². The zero-order valence-electron chi connectivity index (χ0n) is 11.8. The fourth-order valence-electron chi connectivity index (χ4n) is 2.21. The Balaban J connectivity index is 1.94. The van der Waals surface area contributed by atoms with Crippen molar-refractivity contribution in [3.05, 3.63) is 59.3 Å². The Bertz CT molecular complexity index is 883. The molecule has 110 valence electrons. The zero-order chi connectivity index (χ0) is 15.7. The van der Waals surface area contributed by atoms with Gasteiger partial charge in [0.05, 0.1) is 11.1 Å². The van der Waals surface area contributed by atoms with Gasteiger partial charge in [0.15, 0.2) is 5.69 Å². The van der Waals surface area contributed by atoms with E-state index in [0.717, 1.165) is 11.1 Å². The van der Waals surface area contributed by atoms with Gasteiger partial charge in [-0.05, 0) is 30.7 Å². The Morgan fingerprint density at radius 1 is 1.18 bits per heavy atom. The van der Waals surface area contributed by atoms with Gasteiger partial charge in [0.2, 0.25) is 0 Å². The van der Waals surface area contributed by atoms with Gasteiger partial charge in [0.1, 0.15) is 0 Å². The molecule has 22 heavy (non-hydrogen) atoms. The van der Waals surface area contributed by atoms with Gasteiger partial charge in [-0.2, -0.15) is 5.10 Å². The number of nitrogens with zero attached hydrogens (tertiary/aromatic N) is 1. The number of benzene rings is 2. The highest BCUT2D eigenvalue weighted by Gasteiger charge is 2.15. The SMILES string of the molecule is Cc1ccc(C(=O)O)cc1NC(=O)c1n[nH]c2ccccc12. The number of hydrogen-bond acceptors (Lipinski definition) is 3. The van der Waals surface area contributed by atoms with E-state index in [4.69, 9.17) is 5.11 Å². The van der Waals surface area contributed by atoms with Gasteiger partial charge in [0.25, 0.3) is 5.91 Å². The number of aromatic carboxylic acids is 1. The number of aryl methyl sites for hydroxylation is 1. The average Bonchev–Trinajstić information content (AvgIpc) is 2.93. The highest BCUT2D eigenvalue weighted by atomic mass is 16.4. The minimum Gasteiger partial charge on any atom is -0.478 e. The second-order valence-corrected chi connectivity index (χ2v) is 4.91. The number of nitrogens with one attached hydrogen (secondary N) is 2. The number of fused-ring (bicyclic) bond motifs is 1. The third-order valence-corrected chi connectivity index (χ3v) is 3.42. The molecule has 0 unspecified atom stereocenters. The summed E-state index contributed by atoms with van der Waals surface area (Å²) in [6, 6.07) is 11.9. The van der Waals surface area contributed by atoms with Gasteiger partial charge in [-0.3, -0.25) is 9.89 Å². The van der Waals surface area contributed by atoms with Crippen LogP contribution in [0.15, 0.2) is 42.5 Å². The monoisotopic (exact) mass is 295 g/mol. The molecule has 0 bridgehead atoms. The van der Waals surface area contributed by atoms with E-state index in [9.17, 15) is 9.59 Å². The summed E-state index contributed by atoms with van der Waals surface area (Å²) in [5, 5.41) is 19.3. The summed E-state index contributed by atoms with van der Waals surface area (Å²) < 4.78 is 0. The van der Waals surface area contributed by atoms with Crippen LogP contribution in [0.4, 0.5) is 5.69 Å². The fraction of sp³-hybridized carbons (Fsp3) is 0.0625. The van der Waals surface area contributed by atoms with Crippen LogP contribution in [0.3, 0.4) is 0 Å². The largest absolute Gasteiger partial charge is 0.478 e. The van der Waals surface area contributed by atoms with Crippen molar-refractivity contribution in [2.24, 2.45) is 0 Å². The third-order valence-electron chi connectivity index (χ3n) is 3.42. The number of hydrogen-bond donors (Lipinski definition) is 3. The Hall–Kier alpha value is -3.15. The summed E-state index contributed by atoms with van der Waals surface area (Å²) in [5.74, 6) is -1.43. The first kappa shape index (κ1) is 13.8. The van der Waals surface area contributed by atoms with Crippen LogP contribution in [0.2, 0.25) is 0 Å². The number of aromatic nitrogens is 2. The summed E-state index contributed by atoms with van der Waals surface area (Å²) in [7, 11) is 0. The van der Waals surface area contributed by atoms with E-state index in [1.807, 2.05) is 18.2 Å². The molecular formula is C16H13N3O3. The second kappa shape index (κ2) is 5.33. The van der Waals surface area contributed by atoms with Crippen LogP contribution < -0.4 is 5.32 Å². The van der Waals surface area contributed by atoms with E-state index in [-0.39, 0.29) is 17.2 Å². The van der Waals surface area contributed by atoms with E-state index in [2.05, 4.69) is 15.5 Å². The van der Waals surface area contributed by atoms with E-state index in [1.54, 1.807) is 19.1 Å². The molecule has 0 fully saturated rings. The first-order valence-electron chi connectivity index (χ1n) is 6.64. The van der Waals surface area contributed by atoms with Gasteiger partial charge >= 0.3 is 5.97 Å². The molecule has 6 nitrogen and oxygen atoms in total. The molecule has 3 N–H and O–H groups in total. The van der Waals surface area contributed by atoms with Gasteiger partial charge < -0.3 is 10.4 Å². The van der Waals surface area contributed by atoms with Crippen molar-refractivity contribution >= 4 is 28.5 Å². The molecule has 0 spiro atoms. The molecule has 1 heterocycles. The Morgan fingerprint density at radius 2 is 1.95 bits per heavy atom. The minimum absolute atomic E-state index is 0.118. The fourth-order valence-corrected chi connectivity index (χ4v) is 2.21. The lowest BCUT2D eigenvalue weighted by molar-refractivity contribution is 0.0696. The summed E-state index contributed by atoms with van der Waals surface area (Å²) in [4.78, 5) is 23.4. The Morgan fingerprint density at radius 3 is 2.73 bits per heavy atom. The number of carboxylic acids is 1. The summed E-state index contributed by atoms with van der Waals surface area (Å²) in [5.41, 5.74) is 2.39. The Labute approximate surface area is 125 Å². The number of carbonyl (C=O) groups excluding carboxylic acids is 1. The van der Waals surface area contributed by atoms with Crippen LogP contribution in [0.5, 0.6) is 0 Å². The standard InChI is InChI=1S/C16H13N3O3/c1-9-6-7-10(16(21)22)8-13(9)17-15(20)14-11-4-2-3-5-12(11)18-19-14/h2-8H,1H3,(H,17,20)(H,18,19)(H,21,22). The highest BCUT2D eigenvalue weighted by molar-refractivity contribution is 6.11. The molecule has 0 saturated heterocycles. The molecule has 0 atom stereocenters. The molecule has 0 aliphatic heterocycles. The van der Waals surface area contributed by atoms with Crippen LogP contribution in [-0.4, -0.2) is 27.2 Å². The van der Waals surface area contributed by atoms with Crippen molar-refractivity contribution < 1.29 is 14.7 Å². The van der Waals surface area contributed by atoms with Crippen LogP contribution in [0.1, 0.15) is 26.4 Å². The van der Waals surface area contributed by atoms with Gasteiger partial charge in [0, 0.05) is 11.1 Å². The first-order valence-corrected chi connectivity index (χ1v) is 6.64. The third kappa shape index (κ3) is 2.42. The summed E-state index contributed by atoms with van der Waals surface area (Å²) >= 11 is 0. The maximum Gasteiger partial charge on any atom is 0.335 e. The molecule has 1 aromatic heterocycles. The maximum atomic E-state index is 12.4. The van der Waals surface area contributed by atoms with Crippen molar-refractivity contribution in [1.82, 2.24) is 10.2 Å². The molecule has 0 aliphatic rings. The number of carboxylic acid groups (broad SMARTS) is 1. The average molecular weight is 295 g/mol. The summed E-state index contributed by atoms with van der Waals surface area (Å²) in [6.45, 7) is 1.80. The van der Waals surface area contributed by atoms with Crippen molar-refractivity contribution in [3.8, 4) is 0 Å². The molecule has 3 aromatic rings. The van der Waals surface area contributed by atoms with Gasteiger partial charge in [-0.1, -0.05) is 24.3 Å². The smallest absolute Gasteiger partial charge is 0.335 e. The normalized spacial score (nSPS) is 10.6. The van der Waals surface area contributed by atoms with Crippen molar-refractivity contribution in [2.45, 2.75) is 6.92 Å². The van der Waals surface area contributed by atoms with E-state index >= 15 is 0 Å². The number of carbonyl (C=O) groups is 2. The maximum absolute atomic E-state index is 12.4. The summed E-state index contributed by atoms with van der Waals surface area (Å²) in [6.07, 6.45) is 0. The van der Waals surface area contributed by atoms with Crippen LogP contribution in [-0.2, 0) is 0 Å². The number of H-pyrrole nitrogens is 1. The lowest BCUT2D eigenvalue weighted by Crippen LogP contribution is -2.14. The van der Waals surface area contributed by atoms with Crippen LogP contribution in [0, 0.1) is 6.92 Å². The second-order valence-electron chi connectivity index (χ2n) is 4.91. The quantitative estimate of drug-likeness (QED) is 0.692. The van der Waals surface area contributed by atoms with E-state index < -0.39 is 5.97 Å². The lowest BCUT2D eigenvalue weighted by atomic mass is 10.1. The number of para-hydroxylation sites is 1. The molecule has 1 amide bonds. The molecule has 3 rings (SSSR count). The number of amides is 1. The van der Waals surface area contributed by atoms with Crippen LogP contribution >= 0.6 is 0 Å². The number of aromatic amines is 1. The lowest BCUT2D eigenvalue weighted by Gasteiger charge is -2.08. The highest BCUT2D eigenvalue weighted by Crippen LogP contribution is 2.20. The molecule has 0 radical (unpaired) electrons. The van der Waals surface area contributed by atoms with Crippen molar-refractivity contribution in [2.75, 3.05) is 5.32 Å². The molecule has 0 saturated carbocycles. The minimum atomic E-state index is -1.04. The Kier molecular flexibility index (Phi) is 3.34. The van der Waals surface area contributed by atoms with Gasteiger partial charge in [-0.25, -0.2) is 4.79 Å². The zero-order valence-corrected chi connectivity index (χ0v) is 11.8. The molecule has 0 aliphatic carbocycles. The molecule has 6 heteroatoms. The topological polar surface area (TPSA) is 95.1 Å². The molecular weight excluding hydrogens is 282 g/mol. The first-order chi connectivity index (χ1) is 10.6.